The number of aromatic nitrogens is 1. The van der Waals surface area contributed by atoms with Crippen molar-refractivity contribution in [1.82, 2.24) is 10.3 Å². The molecule has 3 aromatic rings. The maximum Gasteiger partial charge on any atom is 0.258 e. The van der Waals surface area contributed by atoms with Crippen LogP contribution < -0.4 is 15.8 Å². The number of hydrogen-bond donors (Lipinski definition) is 2. The van der Waals surface area contributed by atoms with Crippen LogP contribution in [0.15, 0.2) is 65.8 Å². The van der Waals surface area contributed by atoms with Gasteiger partial charge >= 0.3 is 0 Å². The summed E-state index contributed by atoms with van der Waals surface area (Å²) in [7, 11) is 1.57. The Bertz CT molecular complexity index is 907. The van der Waals surface area contributed by atoms with E-state index in [1.54, 1.807) is 49.7 Å². The Morgan fingerprint density at radius 2 is 1.96 bits per heavy atom. The average Bonchev–Trinajstić information content (AvgIpc) is 2.61. The van der Waals surface area contributed by atoms with Crippen molar-refractivity contribution in [2.45, 2.75) is 0 Å². The predicted octanol–water partition coefficient (Wildman–Crippen LogP) is 2.62. The predicted molar refractivity (Wildman–Crippen MR) is 93.5 cm³/mol. The molecular formula is C18H16N4O2. The van der Waals surface area contributed by atoms with E-state index in [1.165, 1.54) is 0 Å². The second kappa shape index (κ2) is 6.78. The SMILES string of the molecule is COc1ccc2nccc(C(=O)NC(N)=Nc3ccccc3)c2c1. The second-order valence-corrected chi connectivity index (χ2v) is 5.03. The number of para-hydroxylation sites is 1. The molecule has 0 atom stereocenters. The average molecular weight is 320 g/mol. The van der Waals surface area contributed by atoms with Gasteiger partial charge in [0.15, 0.2) is 0 Å². The van der Waals surface area contributed by atoms with Crippen LogP contribution in [0.25, 0.3) is 10.9 Å². The van der Waals surface area contributed by atoms with Crippen LogP contribution in [-0.4, -0.2) is 24.0 Å². The number of fused-ring (bicyclic) bond motifs is 1. The van der Waals surface area contributed by atoms with Gasteiger partial charge < -0.3 is 10.5 Å². The number of nitrogens with two attached hydrogens (primary N) is 1. The van der Waals surface area contributed by atoms with E-state index in [0.29, 0.717) is 27.9 Å². The first-order valence-electron chi connectivity index (χ1n) is 7.30. The van der Waals surface area contributed by atoms with Crippen LogP contribution in [0.1, 0.15) is 10.4 Å². The van der Waals surface area contributed by atoms with E-state index >= 15 is 0 Å². The lowest BCUT2D eigenvalue weighted by Gasteiger charge is -2.08. The van der Waals surface area contributed by atoms with Gasteiger partial charge in [-0.15, -0.1) is 0 Å². The first-order chi connectivity index (χ1) is 11.7. The van der Waals surface area contributed by atoms with Gasteiger partial charge in [-0.1, -0.05) is 18.2 Å². The molecule has 6 nitrogen and oxygen atoms in total. The molecule has 0 aliphatic rings. The fraction of sp³-hybridized carbons (Fsp3) is 0.0556. The molecule has 0 aliphatic heterocycles. The Kier molecular flexibility index (Phi) is 4.38. The molecule has 24 heavy (non-hydrogen) atoms. The first-order valence-corrected chi connectivity index (χ1v) is 7.30. The third-order valence-electron chi connectivity index (χ3n) is 3.44. The van der Waals surface area contributed by atoms with Crippen molar-refractivity contribution >= 4 is 28.5 Å². The smallest absolute Gasteiger partial charge is 0.258 e. The molecular weight excluding hydrogens is 304 g/mol. The summed E-state index contributed by atoms with van der Waals surface area (Å²) < 4.78 is 5.21. The molecule has 1 heterocycles. The second-order valence-electron chi connectivity index (χ2n) is 5.03. The van der Waals surface area contributed by atoms with E-state index in [0.717, 1.165) is 0 Å². The Morgan fingerprint density at radius 3 is 2.71 bits per heavy atom. The summed E-state index contributed by atoms with van der Waals surface area (Å²) in [6.07, 6.45) is 1.58. The fourth-order valence-electron chi connectivity index (χ4n) is 2.30. The molecule has 0 bridgehead atoms. The van der Waals surface area contributed by atoms with E-state index in [-0.39, 0.29) is 11.9 Å². The van der Waals surface area contributed by atoms with Gasteiger partial charge in [0, 0.05) is 11.6 Å². The van der Waals surface area contributed by atoms with Gasteiger partial charge in [0.2, 0.25) is 5.96 Å². The maximum absolute atomic E-state index is 12.5. The molecule has 0 spiro atoms. The highest BCUT2D eigenvalue weighted by atomic mass is 16.5. The molecule has 1 aromatic heterocycles. The van der Waals surface area contributed by atoms with Gasteiger partial charge in [-0.3, -0.25) is 15.1 Å². The summed E-state index contributed by atoms with van der Waals surface area (Å²) in [5.74, 6) is 0.322. The molecule has 3 N–H and O–H groups in total. The molecule has 1 amide bonds. The highest BCUT2D eigenvalue weighted by molar-refractivity contribution is 6.12. The molecule has 0 saturated carbocycles. The van der Waals surface area contributed by atoms with Crippen LogP contribution in [-0.2, 0) is 0 Å². The minimum absolute atomic E-state index is 0.0269. The maximum atomic E-state index is 12.5. The Balaban J connectivity index is 1.90. The number of nitrogens with one attached hydrogen (secondary N) is 1. The third-order valence-corrected chi connectivity index (χ3v) is 3.44. The summed E-state index contributed by atoms with van der Waals surface area (Å²) in [5, 5.41) is 3.28. The zero-order valence-electron chi connectivity index (χ0n) is 13.1. The van der Waals surface area contributed by atoms with Gasteiger partial charge in [-0.25, -0.2) is 4.99 Å². The van der Waals surface area contributed by atoms with E-state index in [1.807, 2.05) is 18.2 Å². The Hall–Kier alpha value is -3.41. The molecule has 0 radical (unpaired) electrons. The fourth-order valence-corrected chi connectivity index (χ4v) is 2.30. The first kappa shape index (κ1) is 15.5. The number of hydrogen-bond acceptors (Lipinski definition) is 4. The normalized spacial score (nSPS) is 11.3. The lowest BCUT2D eigenvalue weighted by molar-refractivity contribution is 0.0978. The summed E-state index contributed by atoms with van der Waals surface area (Å²) in [5.41, 5.74) is 7.63. The standard InChI is InChI=1S/C18H16N4O2/c1-24-13-7-8-16-15(11-13)14(9-10-20-16)17(23)22-18(19)21-12-5-3-2-4-6-12/h2-11H,1H3,(H3,19,21,22,23). The molecule has 0 saturated heterocycles. The van der Waals surface area contributed by atoms with Crippen LogP contribution >= 0.6 is 0 Å². The summed E-state index contributed by atoms with van der Waals surface area (Å²) >= 11 is 0. The molecule has 120 valence electrons. The van der Waals surface area contributed by atoms with E-state index < -0.39 is 0 Å². The number of nitrogens with zero attached hydrogens (tertiary/aromatic N) is 2. The van der Waals surface area contributed by atoms with Crippen LogP contribution in [0.3, 0.4) is 0 Å². The highest BCUT2D eigenvalue weighted by Crippen LogP contribution is 2.22. The number of guanidine groups is 1. The summed E-state index contributed by atoms with van der Waals surface area (Å²) in [6.45, 7) is 0. The van der Waals surface area contributed by atoms with Crippen LogP contribution in [0.2, 0.25) is 0 Å². The summed E-state index contributed by atoms with van der Waals surface area (Å²) in [4.78, 5) is 20.9. The van der Waals surface area contributed by atoms with E-state index in [4.69, 9.17) is 10.5 Å². The molecule has 0 unspecified atom stereocenters. The van der Waals surface area contributed by atoms with E-state index in [2.05, 4.69) is 15.3 Å². The number of amides is 1. The number of carbonyl (C=O) groups excluding carboxylic acids is 1. The Labute approximate surface area is 139 Å². The quantitative estimate of drug-likeness (QED) is 0.573. The number of benzene rings is 2. The van der Waals surface area contributed by atoms with E-state index in [9.17, 15) is 4.79 Å². The third kappa shape index (κ3) is 3.33. The van der Waals surface area contributed by atoms with Crippen LogP contribution in [0, 0.1) is 0 Å². The van der Waals surface area contributed by atoms with Crippen LogP contribution in [0.4, 0.5) is 5.69 Å². The van der Waals surface area contributed by atoms with Gasteiger partial charge in [0.05, 0.1) is 23.9 Å². The molecule has 0 fully saturated rings. The minimum atomic E-state index is -0.354. The van der Waals surface area contributed by atoms with Gasteiger partial charge in [0.25, 0.3) is 5.91 Å². The summed E-state index contributed by atoms with van der Waals surface area (Å²) in [6, 6.07) is 16.2. The number of carbonyl (C=O) groups is 1. The van der Waals surface area contributed by atoms with Crippen molar-refractivity contribution in [2.75, 3.05) is 7.11 Å². The van der Waals surface area contributed by atoms with Crippen molar-refractivity contribution in [2.24, 2.45) is 10.7 Å². The monoisotopic (exact) mass is 320 g/mol. The topological polar surface area (TPSA) is 89.6 Å². The lowest BCUT2D eigenvalue weighted by atomic mass is 10.1. The zero-order valence-corrected chi connectivity index (χ0v) is 13.1. The number of aliphatic imine (C=N–C) groups is 1. The molecule has 6 heteroatoms. The van der Waals surface area contributed by atoms with Crippen molar-refractivity contribution < 1.29 is 9.53 Å². The number of rotatable bonds is 3. The number of pyridine rings is 1. The molecule has 3 rings (SSSR count). The van der Waals surface area contributed by atoms with Gasteiger partial charge in [-0.2, -0.15) is 0 Å². The Morgan fingerprint density at radius 1 is 1.17 bits per heavy atom. The molecule has 0 aliphatic carbocycles. The number of methoxy groups -OCH3 is 1. The van der Waals surface area contributed by atoms with Crippen molar-refractivity contribution in [3.8, 4) is 5.75 Å². The number of ether oxygens (including phenoxy) is 1. The molecule has 2 aromatic carbocycles. The van der Waals surface area contributed by atoms with Crippen molar-refractivity contribution in [3.63, 3.8) is 0 Å². The zero-order chi connectivity index (χ0) is 16.9. The van der Waals surface area contributed by atoms with Crippen molar-refractivity contribution in [1.29, 1.82) is 0 Å². The highest BCUT2D eigenvalue weighted by Gasteiger charge is 2.12. The lowest BCUT2D eigenvalue weighted by Crippen LogP contribution is -2.36. The minimum Gasteiger partial charge on any atom is -0.497 e. The van der Waals surface area contributed by atoms with Gasteiger partial charge in [0.1, 0.15) is 5.75 Å². The largest absolute Gasteiger partial charge is 0.497 e. The van der Waals surface area contributed by atoms with Gasteiger partial charge in [-0.05, 0) is 36.4 Å². The van der Waals surface area contributed by atoms with Crippen LogP contribution in [0.5, 0.6) is 5.75 Å². The van der Waals surface area contributed by atoms with Crippen molar-refractivity contribution in [3.05, 3.63) is 66.4 Å².